The number of likely N-dealkylation sites (tertiary alicyclic amines) is 1. The standard InChI is InChI=1S/C28H45N3O4/c1-6-18(2)23(28(34)31-15-13-19(3)20(4)21(31)5)17-25(32)24(16-22-10-8-7-9-11-22)30-27(33)26-12-14-29-35-26/h12,14,18-24H,6-11,13,15-17H2,1-5H3,(H,30,33)/t18-,19?,20?,21?,23-,24-/m0/s1. The fourth-order valence-electron chi connectivity index (χ4n) is 5.86. The lowest BCUT2D eigenvalue weighted by molar-refractivity contribution is -0.145. The molecule has 1 saturated carbocycles. The van der Waals surface area contributed by atoms with Crippen LogP contribution in [-0.2, 0) is 9.59 Å². The van der Waals surface area contributed by atoms with Crippen LogP contribution >= 0.6 is 0 Å². The van der Waals surface area contributed by atoms with Gasteiger partial charge < -0.3 is 14.7 Å². The lowest BCUT2D eigenvalue weighted by Crippen LogP contribution is -2.52. The van der Waals surface area contributed by atoms with E-state index in [9.17, 15) is 14.4 Å². The summed E-state index contributed by atoms with van der Waals surface area (Å²) in [6, 6.07) is 1.05. The van der Waals surface area contributed by atoms with Crippen LogP contribution in [-0.4, -0.2) is 46.3 Å². The number of amides is 2. The van der Waals surface area contributed by atoms with Crippen LogP contribution in [0, 0.1) is 29.6 Å². The minimum absolute atomic E-state index is 0.0480. The van der Waals surface area contributed by atoms with Gasteiger partial charge in [-0.2, -0.15) is 0 Å². The van der Waals surface area contributed by atoms with Gasteiger partial charge in [0.15, 0.2) is 5.78 Å². The van der Waals surface area contributed by atoms with Gasteiger partial charge in [-0.25, -0.2) is 0 Å². The van der Waals surface area contributed by atoms with E-state index in [2.05, 4.69) is 45.1 Å². The van der Waals surface area contributed by atoms with Crippen molar-refractivity contribution >= 4 is 17.6 Å². The first-order valence-electron chi connectivity index (χ1n) is 13.8. The minimum atomic E-state index is -0.618. The minimum Gasteiger partial charge on any atom is -0.351 e. The van der Waals surface area contributed by atoms with Gasteiger partial charge >= 0.3 is 0 Å². The van der Waals surface area contributed by atoms with Crippen molar-refractivity contribution in [2.45, 2.75) is 104 Å². The Morgan fingerprint density at radius 3 is 2.49 bits per heavy atom. The summed E-state index contributed by atoms with van der Waals surface area (Å²) in [5.41, 5.74) is 0. The molecule has 2 heterocycles. The molecule has 2 aliphatic rings. The first-order chi connectivity index (χ1) is 16.7. The third-order valence-corrected chi connectivity index (χ3v) is 8.98. The molecule has 0 bridgehead atoms. The number of ketones is 1. The normalized spacial score (nSPS) is 26.1. The number of Topliss-reactive ketones (excluding diaryl/α,β-unsaturated/α-hetero) is 1. The third-order valence-electron chi connectivity index (χ3n) is 8.98. The number of rotatable bonds is 10. The predicted molar refractivity (Wildman–Crippen MR) is 136 cm³/mol. The molecule has 1 aromatic rings. The van der Waals surface area contributed by atoms with Gasteiger partial charge in [0.1, 0.15) is 0 Å². The second kappa shape index (κ2) is 12.7. The fourth-order valence-corrected chi connectivity index (χ4v) is 5.86. The second-order valence-electron chi connectivity index (χ2n) is 11.2. The summed E-state index contributed by atoms with van der Waals surface area (Å²) in [6.07, 6.45) is 9.75. The zero-order chi connectivity index (χ0) is 25.5. The maximum Gasteiger partial charge on any atom is 0.290 e. The maximum absolute atomic E-state index is 13.8. The molecule has 1 aliphatic heterocycles. The van der Waals surface area contributed by atoms with E-state index in [1.165, 1.54) is 31.5 Å². The molecule has 7 heteroatoms. The zero-order valence-corrected chi connectivity index (χ0v) is 22.3. The highest BCUT2D eigenvalue weighted by molar-refractivity contribution is 5.97. The quantitative estimate of drug-likeness (QED) is 0.486. The predicted octanol–water partition coefficient (Wildman–Crippen LogP) is 5.26. The van der Waals surface area contributed by atoms with Crippen molar-refractivity contribution in [3.05, 3.63) is 18.0 Å². The van der Waals surface area contributed by atoms with Gasteiger partial charge in [-0.05, 0) is 43.4 Å². The fraction of sp³-hybridized carbons (Fsp3) is 0.786. The van der Waals surface area contributed by atoms with Crippen molar-refractivity contribution in [3.63, 3.8) is 0 Å². The average molecular weight is 488 g/mol. The lowest BCUT2D eigenvalue weighted by Gasteiger charge is -2.43. The van der Waals surface area contributed by atoms with Gasteiger partial charge in [-0.1, -0.05) is 71.4 Å². The summed E-state index contributed by atoms with van der Waals surface area (Å²) in [5.74, 6) is 0.882. The van der Waals surface area contributed by atoms with E-state index in [1.54, 1.807) is 0 Å². The summed E-state index contributed by atoms with van der Waals surface area (Å²) >= 11 is 0. The summed E-state index contributed by atoms with van der Waals surface area (Å²) < 4.78 is 5.02. The largest absolute Gasteiger partial charge is 0.351 e. The van der Waals surface area contributed by atoms with Gasteiger partial charge in [0.2, 0.25) is 11.7 Å². The Kier molecular flexibility index (Phi) is 9.93. The second-order valence-corrected chi connectivity index (χ2v) is 11.2. The molecule has 3 unspecified atom stereocenters. The Balaban J connectivity index is 1.76. The van der Waals surface area contributed by atoms with Gasteiger partial charge in [0, 0.05) is 31.0 Å². The molecular weight excluding hydrogens is 442 g/mol. The van der Waals surface area contributed by atoms with E-state index < -0.39 is 11.9 Å². The summed E-state index contributed by atoms with van der Waals surface area (Å²) in [6.45, 7) is 11.5. The molecule has 1 saturated heterocycles. The first-order valence-corrected chi connectivity index (χ1v) is 13.8. The molecule has 2 fully saturated rings. The van der Waals surface area contributed by atoms with E-state index in [1.807, 2.05) is 4.90 Å². The third kappa shape index (κ3) is 6.95. The monoisotopic (exact) mass is 487 g/mol. The van der Waals surface area contributed by atoms with E-state index in [0.29, 0.717) is 24.2 Å². The SMILES string of the molecule is CC[C@H](C)[C@H](CC(=O)[C@H](CC1CCCCC1)NC(=O)c1ccno1)C(=O)N1CCC(C)C(C)C1C. The Morgan fingerprint density at radius 2 is 1.86 bits per heavy atom. The number of carbonyl (C=O) groups is 3. The lowest BCUT2D eigenvalue weighted by atomic mass is 9.79. The van der Waals surface area contributed by atoms with Crippen molar-refractivity contribution in [2.75, 3.05) is 6.54 Å². The number of hydrogen-bond donors (Lipinski definition) is 1. The number of piperidine rings is 1. The van der Waals surface area contributed by atoms with Crippen molar-refractivity contribution in [3.8, 4) is 0 Å². The molecule has 196 valence electrons. The number of aromatic nitrogens is 1. The molecule has 1 aliphatic carbocycles. The van der Waals surface area contributed by atoms with Crippen molar-refractivity contribution in [1.29, 1.82) is 0 Å². The number of nitrogens with zero attached hydrogens (tertiary/aromatic N) is 2. The van der Waals surface area contributed by atoms with Crippen LogP contribution in [0.5, 0.6) is 0 Å². The summed E-state index contributed by atoms with van der Waals surface area (Å²) in [5, 5.41) is 6.54. The van der Waals surface area contributed by atoms with Crippen molar-refractivity contribution < 1.29 is 18.9 Å². The van der Waals surface area contributed by atoms with Crippen LogP contribution in [0.1, 0.15) is 103 Å². The van der Waals surface area contributed by atoms with Crippen molar-refractivity contribution in [2.24, 2.45) is 29.6 Å². The molecule has 35 heavy (non-hydrogen) atoms. The summed E-state index contributed by atoms with van der Waals surface area (Å²) in [7, 11) is 0. The Morgan fingerprint density at radius 1 is 1.14 bits per heavy atom. The molecule has 0 radical (unpaired) electrons. The van der Waals surface area contributed by atoms with E-state index in [-0.39, 0.29) is 41.7 Å². The molecule has 6 atom stereocenters. The van der Waals surface area contributed by atoms with E-state index in [4.69, 9.17) is 4.52 Å². The highest BCUT2D eigenvalue weighted by Crippen LogP contribution is 2.33. The molecular formula is C28H45N3O4. The molecule has 2 amide bonds. The molecule has 3 rings (SSSR count). The summed E-state index contributed by atoms with van der Waals surface area (Å²) in [4.78, 5) is 42.3. The Bertz CT molecular complexity index is 833. The van der Waals surface area contributed by atoms with Crippen LogP contribution in [0.3, 0.4) is 0 Å². The van der Waals surface area contributed by atoms with Crippen molar-refractivity contribution in [1.82, 2.24) is 15.4 Å². The molecule has 0 spiro atoms. The number of carbonyl (C=O) groups excluding carboxylic acids is 3. The highest BCUT2D eigenvalue weighted by atomic mass is 16.5. The van der Waals surface area contributed by atoms with E-state index >= 15 is 0 Å². The molecule has 1 N–H and O–H groups in total. The van der Waals surface area contributed by atoms with Gasteiger partial charge in [-0.3, -0.25) is 14.4 Å². The van der Waals surface area contributed by atoms with Crippen LogP contribution in [0.2, 0.25) is 0 Å². The number of hydrogen-bond acceptors (Lipinski definition) is 5. The first kappa shape index (κ1) is 27.4. The Labute approximate surface area is 210 Å². The molecule has 0 aromatic carbocycles. The molecule has 1 aromatic heterocycles. The highest BCUT2D eigenvalue weighted by Gasteiger charge is 2.39. The topological polar surface area (TPSA) is 92.5 Å². The van der Waals surface area contributed by atoms with Gasteiger partial charge in [0.25, 0.3) is 5.91 Å². The van der Waals surface area contributed by atoms with Crippen LogP contribution in [0.15, 0.2) is 16.8 Å². The maximum atomic E-state index is 13.8. The van der Waals surface area contributed by atoms with Gasteiger partial charge in [0.05, 0.1) is 12.2 Å². The van der Waals surface area contributed by atoms with E-state index in [0.717, 1.165) is 32.2 Å². The zero-order valence-electron chi connectivity index (χ0n) is 22.3. The average Bonchev–Trinajstić information content (AvgIpc) is 3.40. The van der Waals surface area contributed by atoms with Crippen LogP contribution < -0.4 is 5.32 Å². The molecule has 7 nitrogen and oxygen atoms in total. The van der Waals surface area contributed by atoms with Crippen LogP contribution in [0.4, 0.5) is 0 Å². The smallest absolute Gasteiger partial charge is 0.290 e. The number of nitrogens with one attached hydrogen (secondary N) is 1. The van der Waals surface area contributed by atoms with Gasteiger partial charge in [-0.15, -0.1) is 0 Å². The Hall–Kier alpha value is -2.18. The van der Waals surface area contributed by atoms with Crippen LogP contribution in [0.25, 0.3) is 0 Å².